The van der Waals surface area contributed by atoms with Crippen LogP contribution >= 0.6 is 27.5 Å². The molecular formula is C14H13BrClFN2O. The highest BCUT2D eigenvalue weighted by Gasteiger charge is 2.07. The van der Waals surface area contributed by atoms with E-state index < -0.39 is 0 Å². The van der Waals surface area contributed by atoms with E-state index in [-0.39, 0.29) is 5.82 Å². The highest BCUT2D eigenvalue weighted by atomic mass is 79.9. The van der Waals surface area contributed by atoms with Gasteiger partial charge in [0, 0.05) is 18.7 Å². The fourth-order valence-electron chi connectivity index (χ4n) is 1.55. The van der Waals surface area contributed by atoms with Gasteiger partial charge in [0.25, 0.3) is 0 Å². The summed E-state index contributed by atoms with van der Waals surface area (Å²) in [7, 11) is 0. The second kappa shape index (κ2) is 7.02. The van der Waals surface area contributed by atoms with Crippen LogP contribution in [-0.2, 0) is 6.54 Å². The van der Waals surface area contributed by atoms with Crippen molar-refractivity contribution in [1.82, 2.24) is 10.3 Å². The van der Waals surface area contributed by atoms with Gasteiger partial charge in [0.05, 0.1) is 15.2 Å². The Morgan fingerprint density at radius 1 is 1.35 bits per heavy atom. The van der Waals surface area contributed by atoms with Crippen molar-refractivity contribution in [3.05, 3.63) is 51.3 Å². The minimum atomic E-state index is -0.385. The molecule has 2 rings (SSSR count). The van der Waals surface area contributed by atoms with Crippen LogP contribution in [0, 0.1) is 5.82 Å². The maximum absolute atomic E-state index is 13.4. The number of aromatic nitrogens is 1. The Bertz CT molecular complexity index is 610. The lowest BCUT2D eigenvalue weighted by Gasteiger charge is -2.09. The minimum absolute atomic E-state index is 0.379. The molecule has 1 heterocycles. The second-order valence-corrected chi connectivity index (χ2v) is 5.30. The summed E-state index contributed by atoms with van der Waals surface area (Å²) in [5, 5.41) is 3.71. The predicted octanol–water partition coefficient (Wildman–Crippen LogP) is 4.54. The van der Waals surface area contributed by atoms with Gasteiger partial charge < -0.3 is 10.1 Å². The lowest BCUT2D eigenvalue weighted by atomic mass is 10.3. The molecule has 3 nitrogen and oxygen atoms in total. The van der Waals surface area contributed by atoms with Crippen LogP contribution in [-0.4, -0.2) is 11.5 Å². The van der Waals surface area contributed by atoms with E-state index in [1.165, 1.54) is 6.07 Å². The molecule has 0 aliphatic rings. The zero-order valence-electron chi connectivity index (χ0n) is 10.8. The highest BCUT2D eigenvalue weighted by Crippen LogP contribution is 2.26. The Morgan fingerprint density at radius 3 is 2.85 bits per heavy atom. The summed E-state index contributed by atoms with van der Waals surface area (Å²) >= 11 is 9.15. The van der Waals surface area contributed by atoms with Crippen molar-refractivity contribution < 1.29 is 9.13 Å². The van der Waals surface area contributed by atoms with Crippen molar-refractivity contribution in [3.8, 4) is 11.6 Å². The maximum atomic E-state index is 13.4. The van der Waals surface area contributed by atoms with Crippen LogP contribution in [0.2, 0.25) is 5.02 Å². The lowest BCUT2D eigenvalue weighted by molar-refractivity contribution is 0.454. The van der Waals surface area contributed by atoms with E-state index in [0.717, 1.165) is 6.54 Å². The SMILES string of the molecule is CCNCc1nc(Oc2ccc(Br)c(F)c2)ccc1Cl. The number of rotatable bonds is 5. The molecule has 106 valence electrons. The van der Waals surface area contributed by atoms with Crippen LogP contribution in [0.15, 0.2) is 34.8 Å². The Hall–Kier alpha value is -1.17. The van der Waals surface area contributed by atoms with E-state index in [0.29, 0.717) is 33.4 Å². The molecule has 0 saturated carbocycles. The van der Waals surface area contributed by atoms with Crippen LogP contribution in [0.3, 0.4) is 0 Å². The van der Waals surface area contributed by atoms with Crippen LogP contribution in [0.25, 0.3) is 0 Å². The number of nitrogens with one attached hydrogen (secondary N) is 1. The quantitative estimate of drug-likeness (QED) is 0.851. The van der Waals surface area contributed by atoms with Gasteiger partial charge in [-0.05, 0) is 40.7 Å². The third kappa shape index (κ3) is 3.91. The molecule has 0 radical (unpaired) electrons. The number of benzene rings is 1. The molecule has 0 fully saturated rings. The van der Waals surface area contributed by atoms with Crippen molar-refractivity contribution in [1.29, 1.82) is 0 Å². The van der Waals surface area contributed by atoms with Crippen LogP contribution in [0.5, 0.6) is 11.6 Å². The van der Waals surface area contributed by atoms with Gasteiger partial charge in [-0.15, -0.1) is 0 Å². The smallest absolute Gasteiger partial charge is 0.219 e. The largest absolute Gasteiger partial charge is 0.439 e. The molecule has 0 aliphatic heterocycles. The van der Waals surface area contributed by atoms with Crippen molar-refractivity contribution in [2.75, 3.05) is 6.54 Å². The molecule has 0 unspecified atom stereocenters. The molecule has 2 aromatic rings. The monoisotopic (exact) mass is 358 g/mol. The third-order valence-electron chi connectivity index (χ3n) is 2.55. The summed E-state index contributed by atoms with van der Waals surface area (Å²) in [6.07, 6.45) is 0. The molecule has 0 atom stereocenters. The first-order chi connectivity index (χ1) is 9.60. The van der Waals surface area contributed by atoms with Gasteiger partial charge in [0.1, 0.15) is 11.6 Å². The molecule has 0 aliphatic carbocycles. The van der Waals surface area contributed by atoms with Gasteiger partial charge in [-0.25, -0.2) is 9.37 Å². The molecule has 20 heavy (non-hydrogen) atoms. The van der Waals surface area contributed by atoms with Gasteiger partial charge in [-0.2, -0.15) is 0 Å². The molecule has 0 amide bonds. The number of hydrogen-bond acceptors (Lipinski definition) is 3. The fourth-order valence-corrected chi connectivity index (χ4v) is 1.97. The minimum Gasteiger partial charge on any atom is -0.439 e. The van der Waals surface area contributed by atoms with Gasteiger partial charge in [0.2, 0.25) is 5.88 Å². The Labute approximate surface area is 130 Å². The van der Waals surface area contributed by atoms with Gasteiger partial charge in [-0.1, -0.05) is 18.5 Å². The summed E-state index contributed by atoms with van der Waals surface area (Å²) < 4.78 is 19.3. The van der Waals surface area contributed by atoms with E-state index in [2.05, 4.69) is 26.2 Å². The molecule has 0 bridgehead atoms. The van der Waals surface area contributed by atoms with E-state index in [1.54, 1.807) is 24.3 Å². The normalized spacial score (nSPS) is 10.6. The Balaban J connectivity index is 2.18. The van der Waals surface area contributed by atoms with Crippen LogP contribution in [0.4, 0.5) is 4.39 Å². The molecule has 1 N–H and O–H groups in total. The van der Waals surface area contributed by atoms with E-state index in [9.17, 15) is 4.39 Å². The topological polar surface area (TPSA) is 34.2 Å². The number of pyridine rings is 1. The average molecular weight is 360 g/mol. The first-order valence-corrected chi connectivity index (χ1v) is 7.26. The molecule has 1 aromatic heterocycles. The Morgan fingerprint density at radius 2 is 2.15 bits per heavy atom. The summed E-state index contributed by atoms with van der Waals surface area (Å²) in [5.41, 5.74) is 0.698. The lowest BCUT2D eigenvalue weighted by Crippen LogP contribution is -2.13. The van der Waals surface area contributed by atoms with Gasteiger partial charge in [0.15, 0.2) is 0 Å². The standard InChI is InChI=1S/C14H13BrClFN2O/c1-2-18-8-13-11(16)5-6-14(19-13)20-9-3-4-10(15)12(17)7-9/h3-7,18H,2,8H2,1H3. The molecule has 0 saturated heterocycles. The summed E-state index contributed by atoms with van der Waals surface area (Å²) in [5.74, 6) is 0.378. The van der Waals surface area contributed by atoms with E-state index >= 15 is 0 Å². The number of ether oxygens (including phenoxy) is 1. The number of halogens is 3. The van der Waals surface area contributed by atoms with Crippen molar-refractivity contribution in [2.24, 2.45) is 0 Å². The van der Waals surface area contributed by atoms with Crippen LogP contribution in [0.1, 0.15) is 12.6 Å². The molecule has 0 spiro atoms. The molecular weight excluding hydrogens is 347 g/mol. The first-order valence-electron chi connectivity index (χ1n) is 6.09. The summed E-state index contributed by atoms with van der Waals surface area (Å²) in [6, 6.07) is 7.90. The van der Waals surface area contributed by atoms with Crippen molar-refractivity contribution in [2.45, 2.75) is 13.5 Å². The van der Waals surface area contributed by atoms with E-state index in [4.69, 9.17) is 16.3 Å². The third-order valence-corrected chi connectivity index (χ3v) is 3.54. The molecule has 6 heteroatoms. The Kier molecular flexibility index (Phi) is 5.34. The summed E-state index contributed by atoms with van der Waals surface area (Å²) in [6.45, 7) is 3.38. The average Bonchev–Trinajstić information content (AvgIpc) is 2.43. The fraction of sp³-hybridized carbons (Fsp3) is 0.214. The van der Waals surface area contributed by atoms with Crippen LogP contribution < -0.4 is 10.1 Å². The molecule has 1 aromatic carbocycles. The number of nitrogens with zero attached hydrogens (tertiary/aromatic N) is 1. The van der Waals surface area contributed by atoms with Crippen molar-refractivity contribution in [3.63, 3.8) is 0 Å². The second-order valence-electron chi connectivity index (χ2n) is 4.04. The zero-order chi connectivity index (χ0) is 14.5. The van der Waals surface area contributed by atoms with Gasteiger partial charge in [-0.3, -0.25) is 0 Å². The van der Waals surface area contributed by atoms with E-state index in [1.807, 2.05) is 6.92 Å². The zero-order valence-corrected chi connectivity index (χ0v) is 13.1. The first kappa shape index (κ1) is 15.2. The summed E-state index contributed by atoms with van der Waals surface area (Å²) in [4.78, 5) is 4.31. The van der Waals surface area contributed by atoms with Gasteiger partial charge >= 0.3 is 0 Å². The number of hydrogen-bond donors (Lipinski definition) is 1. The predicted molar refractivity (Wildman–Crippen MR) is 80.8 cm³/mol. The van der Waals surface area contributed by atoms with Crippen molar-refractivity contribution >= 4 is 27.5 Å². The maximum Gasteiger partial charge on any atom is 0.219 e. The highest BCUT2D eigenvalue weighted by molar-refractivity contribution is 9.10.